The van der Waals surface area contributed by atoms with Crippen LogP contribution in [0.4, 0.5) is 10.5 Å². The third kappa shape index (κ3) is 4.56. The molecule has 12 heteroatoms. The standard InChI is InChI=1S/C18H24ClN7O4/c1-4-30-18(29)25-7-5-24(6-8-25)17(28)12(3)26-10-14(11(2)23-26)21-16(27)15-13(19)9-20-22-15/h9-10,12H,4-8H2,1-3H3,(H,20,22)(H,21,27). The summed E-state index contributed by atoms with van der Waals surface area (Å²) in [5.41, 5.74) is 1.18. The van der Waals surface area contributed by atoms with E-state index in [1.165, 1.54) is 10.9 Å². The van der Waals surface area contributed by atoms with Crippen LogP contribution in [0.5, 0.6) is 0 Å². The molecule has 3 rings (SSSR count). The normalized spacial score (nSPS) is 15.1. The molecule has 162 valence electrons. The van der Waals surface area contributed by atoms with Gasteiger partial charge in [0, 0.05) is 32.4 Å². The van der Waals surface area contributed by atoms with Crippen LogP contribution in [0.1, 0.15) is 36.1 Å². The van der Waals surface area contributed by atoms with Crippen molar-refractivity contribution in [3.8, 4) is 0 Å². The number of anilines is 1. The molecule has 3 heterocycles. The highest BCUT2D eigenvalue weighted by Crippen LogP contribution is 2.20. The van der Waals surface area contributed by atoms with Gasteiger partial charge in [-0.25, -0.2) is 4.79 Å². The third-order valence-corrected chi connectivity index (χ3v) is 5.14. The molecule has 2 aromatic heterocycles. The topological polar surface area (TPSA) is 125 Å². The lowest BCUT2D eigenvalue weighted by Gasteiger charge is -2.35. The Morgan fingerprint density at radius 1 is 1.27 bits per heavy atom. The summed E-state index contributed by atoms with van der Waals surface area (Å²) in [6.07, 6.45) is 2.59. The Kier molecular flexibility index (Phi) is 6.60. The molecule has 11 nitrogen and oxygen atoms in total. The van der Waals surface area contributed by atoms with E-state index >= 15 is 0 Å². The van der Waals surface area contributed by atoms with Crippen LogP contribution in [-0.2, 0) is 9.53 Å². The molecule has 30 heavy (non-hydrogen) atoms. The van der Waals surface area contributed by atoms with Crippen LogP contribution >= 0.6 is 11.6 Å². The lowest BCUT2D eigenvalue weighted by molar-refractivity contribution is -0.136. The number of hydrogen-bond donors (Lipinski definition) is 2. The molecule has 1 aliphatic rings. The number of aromatic nitrogens is 4. The molecular formula is C18H24ClN7O4. The number of nitrogens with one attached hydrogen (secondary N) is 2. The van der Waals surface area contributed by atoms with Gasteiger partial charge in [0.1, 0.15) is 11.7 Å². The zero-order valence-corrected chi connectivity index (χ0v) is 17.8. The number of carbonyl (C=O) groups excluding carboxylic acids is 3. The Morgan fingerprint density at radius 3 is 2.53 bits per heavy atom. The molecule has 2 N–H and O–H groups in total. The molecule has 1 unspecified atom stereocenters. The monoisotopic (exact) mass is 437 g/mol. The lowest BCUT2D eigenvalue weighted by atomic mass is 10.2. The Labute approximate surface area is 178 Å². The van der Waals surface area contributed by atoms with Gasteiger partial charge < -0.3 is 19.9 Å². The van der Waals surface area contributed by atoms with Gasteiger partial charge in [-0.05, 0) is 20.8 Å². The molecule has 1 aliphatic heterocycles. The van der Waals surface area contributed by atoms with Gasteiger partial charge in [-0.15, -0.1) is 0 Å². The van der Waals surface area contributed by atoms with E-state index in [1.54, 1.807) is 36.8 Å². The molecule has 0 saturated carbocycles. The van der Waals surface area contributed by atoms with E-state index in [4.69, 9.17) is 16.3 Å². The van der Waals surface area contributed by atoms with E-state index in [9.17, 15) is 14.4 Å². The number of H-pyrrole nitrogens is 1. The number of aromatic amines is 1. The van der Waals surface area contributed by atoms with Gasteiger partial charge in [0.25, 0.3) is 5.91 Å². The van der Waals surface area contributed by atoms with Crippen LogP contribution in [0, 0.1) is 6.92 Å². The Morgan fingerprint density at radius 2 is 1.93 bits per heavy atom. The number of ether oxygens (including phenoxy) is 1. The van der Waals surface area contributed by atoms with Gasteiger partial charge in [-0.3, -0.25) is 19.4 Å². The highest BCUT2D eigenvalue weighted by molar-refractivity contribution is 6.34. The van der Waals surface area contributed by atoms with Crippen LogP contribution in [0.3, 0.4) is 0 Å². The van der Waals surface area contributed by atoms with E-state index in [2.05, 4.69) is 20.6 Å². The Hall–Kier alpha value is -3.08. The summed E-state index contributed by atoms with van der Waals surface area (Å²) in [5, 5.41) is 13.5. The average molecular weight is 438 g/mol. The minimum Gasteiger partial charge on any atom is -0.450 e. The van der Waals surface area contributed by atoms with Crippen molar-refractivity contribution in [2.75, 3.05) is 38.1 Å². The van der Waals surface area contributed by atoms with E-state index < -0.39 is 11.9 Å². The minimum atomic E-state index is -0.570. The van der Waals surface area contributed by atoms with Crippen molar-refractivity contribution in [3.05, 3.63) is 28.8 Å². The highest BCUT2D eigenvalue weighted by Gasteiger charge is 2.29. The van der Waals surface area contributed by atoms with Crippen LogP contribution in [0.15, 0.2) is 12.4 Å². The van der Waals surface area contributed by atoms with E-state index in [-0.39, 0.29) is 22.7 Å². The summed E-state index contributed by atoms with van der Waals surface area (Å²) >= 11 is 5.91. The number of halogens is 1. The Balaban J connectivity index is 1.62. The summed E-state index contributed by atoms with van der Waals surface area (Å²) in [5.74, 6) is -0.565. The fraction of sp³-hybridized carbons (Fsp3) is 0.500. The maximum absolute atomic E-state index is 12.9. The van der Waals surface area contributed by atoms with Crippen LogP contribution in [-0.4, -0.2) is 80.5 Å². The minimum absolute atomic E-state index is 0.115. The molecule has 0 aliphatic carbocycles. The molecule has 0 bridgehead atoms. The number of piperazine rings is 1. The summed E-state index contributed by atoms with van der Waals surface area (Å²) in [7, 11) is 0. The first kappa shape index (κ1) is 21.6. The molecule has 2 aromatic rings. The van der Waals surface area contributed by atoms with Crippen molar-refractivity contribution in [2.45, 2.75) is 26.8 Å². The van der Waals surface area contributed by atoms with Gasteiger partial charge in [0.2, 0.25) is 5.91 Å². The smallest absolute Gasteiger partial charge is 0.409 e. The second-order valence-corrected chi connectivity index (χ2v) is 7.25. The van der Waals surface area contributed by atoms with Gasteiger partial charge in [0.05, 0.1) is 29.2 Å². The van der Waals surface area contributed by atoms with Crippen molar-refractivity contribution in [1.82, 2.24) is 29.8 Å². The number of carbonyl (C=O) groups is 3. The first-order chi connectivity index (χ1) is 14.3. The number of hydrogen-bond acceptors (Lipinski definition) is 6. The summed E-state index contributed by atoms with van der Waals surface area (Å²) in [4.78, 5) is 40.3. The second kappa shape index (κ2) is 9.16. The highest BCUT2D eigenvalue weighted by atomic mass is 35.5. The fourth-order valence-corrected chi connectivity index (χ4v) is 3.30. The number of amides is 3. The molecule has 0 spiro atoms. The van der Waals surface area contributed by atoms with Crippen LogP contribution < -0.4 is 5.32 Å². The average Bonchev–Trinajstić information content (AvgIpc) is 3.32. The SMILES string of the molecule is CCOC(=O)N1CCN(C(=O)C(C)n2cc(NC(=O)c3[nH]ncc3Cl)c(C)n2)CC1. The van der Waals surface area contributed by atoms with Crippen molar-refractivity contribution in [3.63, 3.8) is 0 Å². The van der Waals surface area contributed by atoms with E-state index in [1.807, 2.05) is 0 Å². The number of rotatable bonds is 5. The van der Waals surface area contributed by atoms with E-state index in [0.717, 1.165) is 0 Å². The first-order valence-corrected chi connectivity index (χ1v) is 9.96. The molecular weight excluding hydrogens is 414 g/mol. The quantitative estimate of drug-likeness (QED) is 0.733. The Bertz CT molecular complexity index is 933. The van der Waals surface area contributed by atoms with Crippen molar-refractivity contribution in [1.29, 1.82) is 0 Å². The number of aryl methyl sites for hydroxylation is 1. The van der Waals surface area contributed by atoms with Gasteiger partial charge in [0.15, 0.2) is 0 Å². The summed E-state index contributed by atoms with van der Waals surface area (Å²) in [6.45, 7) is 7.22. The molecule has 1 saturated heterocycles. The molecule has 0 aromatic carbocycles. The maximum atomic E-state index is 12.9. The predicted molar refractivity (Wildman–Crippen MR) is 108 cm³/mol. The summed E-state index contributed by atoms with van der Waals surface area (Å²) in [6, 6.07) is -0.570. The molecule has 3 amide bonds. The van der Waals surface area contributed by atoms with Gasteiger partial charge in [-0.1, -0.05) is 11.6 Å². The van der Waals surface area contributed by atoms with Crippen LogP contribution in [0.2, 0.25) is 5.02 Å². The van der Waals surface area contributed by atoms with E-state index in [0.29, 0.717) is 44.2 Å². The molecule has 1 fully saturated rings. The third-order valence-electron chi connectivity index (χ3n) is 4.86. The second-order valence-electron chi connectivity index (χ2n) is 6.84. The molecule has 0 radical (unpaired) electrons. The van der Waals surface area contributed by atoms with Crippen molar-refractivity contribution in [2.24, 2.45) is 0 Å². The maximum Gasteiger partial charge on any atom is 0.409 e. The van der Waals surface area contributed by atoms with Crippen molar-refractivity contribution >= 4 is 35.2 Å². The zero-order valence-electron chi connectivity index (χ0n) is 17.0. The number of nitrogens with zero attached hydrogens (tertiary/aromatic N) is 5. The first-order valence-electron chi connectivity index (χ1n) is 9.58. The van der Waals surface area contributed by atoms with Gasteiger partial charge in [-0.2, -0.15) is 10.2 Å². The largest absolute Gasteiger partial charge is 0.450 e. The van der Waals surface area contributed by atoms with Crippen LogP contribution in [0.25, 0.3) is 0 Å². The fourth-order valence-electron chi connectivity index (χ4n) is 3.12. The van der Waals surface area contributed by atoms with Crippen molar-refractivity contribution < 1.29 is 19.1 Å². The lowest BCUT2D eigenvalue weighted by Crippen LogP contribution is -2.52. The molecule has 1 atom stereocenters. The zero-order chi connectivity index (χ0) is 21.8. The van der Waals surface area contributed by atoms with Gasteiger partial charge >= 0.3 is 6.09 Å². The summed E-state index contributed by atoms with van der Waals surface area (Å²) < 4.78 is 6.51. The predicted octanol–water partition coefficient (Wildman–Crippen LogP) is 1.68.